The van der Waals surface area contributed by atoms with Gasteiger partial charge in [-0.3, -0.25) is 9.59 Å². The number of carbonyl (C=O) groups is 2. The Bertz CT molecular complexity index is 2010. The van der Waals surface area contributed by atoms with E-state index in [1.54, 1.807) is 12.1 Å². The highest BCUT2D eigenvalue weighted by Crippen LogP contribution is 2.36. The molecular formula is C45H74N4O30. The Kier molecular flexibility index (Phi) is 24.1. The summed E-state index contributed by atoms with van der Waals surface area (Å²) in [6.07, 6.45) is -51.0. The van der Waals surface area contributed by atoms with Gasteiger partial charge in [0.05, 0.1) is 45.7 Å². The molecule has 34 heteroatoms. The van der Waals surface area contributed by atoms with Crippen molar-refractivity contribution in [2.24, 2.45) is 0 Å². The van der Waals surface area contributed by atoms with Gasteiger partial charge in [-0.1, -0.05) is 6.07 Å². The zero-order chi connectivity index (χ0) is 58.2. The third-order valence-electron chi connectivity index (χ3n) is 13.8. The number of amides is 2. The molecule has 29 atom stereocenters. The molecule has 34 nitrogen and oxygen atoms in total. The minimum absolute atomic E-state index is 0.244. The summed E-state index contributed by atoms with van der Waals surface area (Å²) in [5.74, 6) is -1.45. The van der Waals surface area contributed by atoms with Crippen molar-refractivity contribution in [3.8, 4) is 0 Å². The van der Waals surface area contributed by atoms with E-state index in [0.717, 1.165) is 13.8 Å². The predicted molar refractivity (Wildman–Crippen MR) is 250 cm³/mol. The van der Waals surface area contributed by atoms with Gasteiger partial charge in [-0.25, -0.2) is 4.98 Å². The lowest BCUT2D eigenvalue weighted by atomic mass is 9.94. The summed E-state index contributed by atoms with van der Waals surface area (Å²) >= 11 is 0. The summed E-state index contributed by atoms with van der Waals surface area (Å²) in [6.45, 7) is -4.36. The molecule has 0 aromatic carbocycles. The van der Waals surface area contributed by atoms with Crippen LogP contribution in [0.25, 0.3) is 0 Å². The van der Waals surface area contributed by atoms with Crippen LogP contribution in [0.15, 0.2) is 24.4 Å². The molecule has 1 aromatic rings. The Hall–Kier alpha value is -3.23. The molecule has 0 bridgehead atoms. The van der Waals surface area contributed by atoms with E-state index in [2.05, 4.69) is 20.9 Å². The largest absolute Gasteiger partial charge is 0.394 e. The molecular weight excluding hydrogens is 1080 g/mol. The van der Waals surface area contributed by atoms with Crippen LogP contribution in [-0.2, 0) is 57.0 Å². The number of aromatic nitrogens is 1. The zero-order valence-electron chi connectivity index (χ0n) is 42.4. The van der Waals surface area contributed by atoms with Crippen molar-refractivity contribution in [1.82, 2.24) is 15.6 Å². The first-order valence-electron chi connectivity index (χ1n) is 25.1. The van der Waals surface area contributed by atoms with Crippen LogP contribution in [-0.4, -0.2) is 333 Å². The summed E-state index contributed by atoms with van der Waals surface area (Å²) in [7, 11) is 0. The number of hydrogen-bond acceptors (Lipinski definition) is 32. The lowest BCUT2D eigenvalue weighted by Gasteiger charge is -2.50. The van der Waals surface area contributed by atoms with Crippen molar-refractivity contribution >= 4 is 17.6 Å². The number of carbonyl (C=O) groups excluding carboxylic acids is 2. The van der Waals surface area contributed by atoms with E-state index in [1.165, 1.54) is 12.3 Å². The molecule has 5 saturated heterocycles. The number of ether oxygens (including phenoxy) is 10. The lowest BCUT2D eigenvalue weighted by Crippen LogP contribution is -2.70. The Morgan fingerprint density at radius 1 is 0.532 bits per heavy atom. The Labute approximate surface area is 449 Å². The summed E-state index contributed by atoms with van der Waals surface area (Å²) in [6, 6.07) is 1.23. The second-order valence-corrected chi connectivity index (χ2v) is 19.4. The van der Waals surface area contributed by atoms with Crippen LogP contribution in [0.1, 0.15) is 13.8 Å². The maximum Gasteiger partial charge on any atom is 0.217 e. The van der Waals surface area contributed by atoms with Crippen molar-refractivity contribution in [3.05, 3.63) is 24.4 Å². The summed E-state index contributed by atoms with van der Waals surface area (Å²) < 4.78 is 58.1. The number of aliphatic hydroxyl groups is 18. The molecule has 0 unspecified atom stereocenters. The van der Waals surface area contributed by atoms with E-state index in [9.17, 15) is 102 Å². The second-order valence-electron chi connectivity index (χ2n) is 19.4. The molecule has 5 aliphatic rings. The minimum Gasteiger partial charge on any atom is -0.394 e. The second kappa shape index (κ2) is 29.3. The van der Waals surface area contributed by atoms with Crippen molar-refractivity contribution in [2.45, 2.75) is 192 Å². The van der Waals surface area contributed by atoms with Crippen LogP contribution in [0.4, 0.5) is 5.82 Å². The zero-order valence-corrected chi connectivity index (χ0v) is 42.4. The van der Waals surface area contributed by atoms with Crippen LogP contribution in [0.2, 0.25) is 0 Å². The van der Waals surface area contributed by atoms with Crippen LogP contribution in [0, 0.1) is 0 Å². The van der Waals surface area contributed by atoms with Gasteiger partial charge in [0.2, 0.25) is 11.8 Å². The fraction of sp³-hybridized carbons (Fsp3) is 0.844. The molecule has 0 aliphatic carbocycles. The third-order valence-corrected chi connectivity index (χ3v) is 13.8. The van der Waals surface area contributed by atoms with Gasteiger partial charge < -0.3 is 155 Å². The van der Waals surface area contributed by atoms with E-state index in [-0.39, 0.29) is 5.82 Å². The highest BCUT2D eigenvalue weighted by Gasteiger charge is 2.57. The van der Waals surface area contributed by atoms with Gasteiger partial charge in [0.1, 0.15) is 146 Å². The topological polar surface area (TPSA) is 540 Å². The molecule has 454 valence electrons. The smallest absolute Gasteiger partial charge is 0.217 e. The molecule has 5 aliphatic heterocycles. The summed E-state index contributed by atoms with van der Waals surface area (Å²) in [5.41, 5.74) is 0. The maximum absolute atomic E-state index is 12.8. The van der Waals surface area contributed by atoms with Gasteiger partial charge in [-0.2, -0.15) is 0 Å². The van der Waals surface area contributed by atoms with Gasteiger partial charge in [0, 0.05) is 26.6 Å². The number of pyridine rings is 1. The summed E-state index contributed by atoms with van der Waals surface area (Å²) in [4.78, 5) is 29.4. The average molecular weight is 1150 g/mol. The molecule has 6 heterocycles. The monoisotopic (exact) mass is 1150 g/mol. The molecule has 5 fully saturated rings. The van der Waals surface area contributed by atoms with Gasteiger partial charge in [0.15, 0.2) is 31.5 Å². The van der Waals surface area contributed by atoms with E-state index >= 15 is 0 Å². The molecule has 1 aromatic heterocycles. The van der Waals surface area contributed by atoms with E-state index < -0.39 is 236 Å². The van der Waals surface area contributed by atoms with E-state index in [4.69, 9.17) is 47.4 Å². The highest BCUT2D eigenvalue weighted by molar-refractivity contribution is 5.73. The predicted octanol–water partition coefficient (Wildman–Crippen LogP) is -12.7. The minimum atomic E-state index is -2.33. The summed E-state index contributed by atoms with van der Waals surface area (Å²) in [5, 5.41) is 202. The lowest BCUT2D eigenvalue weighted by molar-refractivity contribution is -0.376. The molecule has 21 N–H and O–H groups in total. The van der Waals surface area contributed by atoms with Crippen LogP contribution in [0.5, 0.6) is 0 Å². The number of aliphatic hydroxyl groups excluding tert-OH is 18. The van der Waals surface area contributed by atoms with E-state index in [1.807, 2.05) is 0 Å². The van der Waals surface area contributed by atoms with Gasteiger partial charge in [-0.05, 0) is 12.1 Å². The molecule has 2 amide bonds. The first-order valence-corrected chi connectivity index (χ1v) is 25.1. The Balaban J connectivity index is 1.32. The van der Waals surface area contributed by atoms with Crippen LogP contribution < -0.4 is 16.0 Å². The molecule has 0 saturated carbocycles. The van der Waals surface area contributed by atoms with E-state index in [0.29, 0.717) is 0 Å². The number of hydrogen-bond donors (Lipinski definition) is 21. The quantitative estimate of drug-likeness (QED) is 0.0457. The van der Waals surface area contributed by atoms with Gasteiger partial charge in [0.25, 0.3) is 0 Å². The number of nitrogens with zero attached hydrogens (tertiary/aromatic N) is 1. The molecule has 0 radical (unpaired) electrons. The van der Waals surface area contributed by atoms with Crippen molar-refractivity contribution in [2.75, 3.05) is 51.5 Å². The standard InChI is InChI=1S/C45H74N4O30/c1-14(55)48-24-31(64)38(77-43-34(67)32(65)27(60)18(9-51)72-43)21(12-54)74-41(24)70-13-22-30(63)40(36(69)45(75-22)76-37(17(58)8-50)26(59)16(57)7-47-23-5-3-4-6-46-23)79-42-25(49-15(2)56)39(29(62)20(11-53)71-42)78-44-35(68)33(66)28(61)19(10-52)73-44/h3-6,16-22,24-45,50-54,57-69H,7-13H2,1-2H3,(H,46,47)(H,48,55)(H,49,56)/t16-,17+,18+,19+,20+,21+,22+,24+,25+,26+,27-,28-,29+,30-,31+,32-,33-,34+,35+,36+,37+,38+,39+,40-,41+,42-,43-,44-,45-/m0/s1. The third kappa shape index (κ3) is 15.3. The normalized spacial score (nSPS) is 42.6. The van der Waals surface area contributed by atoms with Crippen LogP contribution >= 0.6 is 0 Å². The number of nitrogens with one attached hydrogen (secondary N) is 3. The van der Waals surface area contributed by atoms with Crippen LogP contribution in [0.3, 0.4) is 0 Å². The Morgan fingerprint density at radius 2 is 1.03 bits per heavy atom. The van der Waals surface area contributed by atoms with Gasteiger partial charge in [-0.15, -0.1) is 0 Å². The maximum atomic E-state index is 12.8. The first kappa shape index (κ1) is 64.9. The number of rotatable bonds is 24. The first-order chi connectivity index (χ1) is 37.5. The molecule has 6 rings (SSSR count). The number of anilines is 1. The van der Waals surface area contributed by atoms with Crippen molar-refractivity contribution in [3.63, 3.8) is 0 Å². The highest BCUT2D eigenvalue weighted by atomic mass is 16.8. The van der Waals surface area contributed by atoms with Crippen molar-refractivity contribution < 1.29 is 149 Å². The SMILES string of the molecule is CC(=O)N[C@H]1[C@H](OC[C@H]2O[C@@H](O[C@@H]([C@H](O)[C@@H](O)CNc3ccccn3)[C@H](O)CO)[C@H](O)[C@@H](O[C@@H]3O[C@H](CO)[C@@H](O)[C@H](O[C@@H]4O[C@H](CO)[C@H](O)[C@H](O)[C@H]4O)[C@H]3NC(C)=O)[C@H]2O)O[C@H](CO)[C@@H](O[C@@H]2O[C@H](CO)[C@H](O)[C@H](O)[C@H]2O)[C@@H]1O. The fourth-order valence-electron chi connectivity index (χ4n) is 9.50. The molecule has 0 spiro atoms. The Morgan fingerprint density at radius 3 is 1.56 bits per heavy atom. The van der Waals surface area contributed by atoms with Gasteiger partial charge >= 0.3 is 0 Å². The average Bonchev–Trinajstić information content (AvgIpc) is 3.49. The molecule has 79 heavy (non-hydrogen) atoms. The fourth-order valence-corrected chi connectivity index (χ4v) is 9.50. The van der Waals surface area contributed by atoms with Crippen molar-refractivity contribution in [1.29, 1.82) is 0 Å².